The first-order valence-corrected chi connectivity index (χ1v) is 11.0. The number of phenols is 1. The number of aromatic nitrogens is 2. The molecule has 3 nitrogen and oxygen atoms in total. The Balaban J connectivity index is 1.99. The van der Waals surface area contributed by atoms with Crippen molar-refractivity contribution < 1.29 is 5.11 Å². The van der Waals surface area contributed by atoms with Crippen LogP contribution >= 0.6 is 38.6 Å². The number of hydrogen-bond donors (Lipinski definition) is 2. The second kappa shape index (κ2) is 6.93. The quantitative estimate of drug-likeness (QED) is 0.339. The summed E-state index contributed by atoms with van der Waals surface area (Å²) < 4.78 is 0.903. The highest BCUT2D eigenvalue weighted by Crippen LogP contribution is 2.41. The van der Waals surface area contributed by atoms with E-state index < -0.39 is 0 Å². The lowest BCUT2D eigenvalue weighted by molar-refractivity contribution is 0.477. The number of phenolic OH excluding ortho intramolecular Hbond substituents is 1. The van der Waals surface area contributed by atoms with Crippen LogP contribution in [0.25, 0.3) is 33.9 Å². The fraction of sp³-hybridized carbons (Fsp3) is 0.190. The van der Waals surface area contributed by atoms with E-state index in [-0.39, 0.29) is 5.75 Å². The van der Waals surface area contributed by atoms with Gasteiger partial charge in [0.1, 0.15) is 11.6 Å². The van der Waals surface area contributed by atoms with E-state index in [0.717, 1.165) is 21.4 Å². The molecular weight excluding hydrogens is 440 g/mol. The molecule has 6 heteroatoms. The molecule has 0 unspecified atom stereocenters. The van der Waals surface area contributed by atoms with E-state index in [0.29, 0.717) is 11.4 Å². The Labute approximate surface area is 174 Å². The van der Waals surface area contributed by atoms with Crippen molar-refractivity contribution in [2.24, 2.45) is 0 Å². The molecule has 0 fully saturated rings. The fourth-order valence-electron chi connectivity index (χ4n) is 3.33. The van der Waals surface area contributed by atoms with Crippen LogP contribution in [0, 0.1) is 27.7 Å². The topological polar surface area (TPSA) is 48.9 Å². The summed E-state index contributed by atoms with van der Waals surface area (Å²) in [5.74, 6) is 0.881. The van der Waals surface area contributed by atoms with Crippen LogP contribution in [0.5, 0.6) is 5.75 Å². The van der Waals surface area contributed by atoms with Gasteiger partial charge in [-0.25, -0.2) is 4.98 Å². The second-order valence-corrected chi connectivity index (χ2v) is 10.5. The largest absolute Gasteiger partial charge is 0.507 e. The van der Waals surface area contributed by atoms with Crippen molar-refractivity contribution in [3.63, 3.8) is 0 Å². The SMILES string of the molecule is Cc1cc(-c2nc(-c3cc(Br)ccc3O)[nH]c2-c2cc(C)sc2C)c(C)s1. The van der Waals surface area contributed by atoms with Crippen molar-refractivity contribution in [3.05, 3.63) is 54.3 Å². The van der Waals surface area contributed by atoms with Crippen LogP contribution < -0.4 is 0 Å². The predicted molar refractivity (Wildman–Crippen MR) is 119 cm³/mol. The second-order valence-electron chi connectivity index (χ2n) is 6.62. The van der Waals surface area contributed by atoms with E-state index in [9.17, 15) is 5.11 Å². The Hall–Kier alpha value is -1.89. The van der Waals surface area contributed by atoms with Gasteiger partial charge in [-0.15, -0.1) is 22.7 Å². The first-order chi connectivity index (χ1) is 12.8. The zero-order chi connectivity index (χ0) is 19.3. The summed E-state index contributed by atoms with van der Waals surface area (Å²) in [5.41, 5.74) is 4.95. The zero-order valence-electron chi connectivity index (χ0n) is 15.5. The predicted octanol–water partition coefficient (Wildman–Crippen LogP) is 7.24. The zero-order valence-corrected chi connectivity index (χ0v) is 18.7. The van der Waals surface area contributed by atoms with Crippen molar-refractivity contribution in [2.75, 3.05) is 0 Å². The molecule has 0 aliphatic carbocycles. The average Bonchev–Trinajstić information content (AvgIpc) is 3.26. The van der Waals surface area contributed by atoms with E-state index in [4.69, 9.17) is 4.98 Å². The third-order valence-electron chi connectivity index (χ3n) is 4.52. The third kappa shape index (κ3) is 3.37. The van der Waals surface area contributed by atoms with Crippen LogP contribution in [-0.4, -0.2) is 15.1 Å². The average molecular weight is 459 g/mol. The first-order valence-electron chi connectivity index (χ1n) is 8.57. The summed E-state index contributed by atoms with van der Waals surface area (Å²) >= 11 is 7.06. The molecule has 3 heterocycles. The number of thiophene rings is 2. The minimum atomic E-state index is 0.210. The van der Waals surface area contributed by atoms with E-state index in [1.165, 1.54) is 25.1 Å². The van der Waals surface area contributed by atoms with Crippen molar-refractivity contribution in [2.45, 2.75) is 27.7 Å². The molecule has 0 bridgehead atoms. The van der Waals surface area contributed by atoms with E-state index in [1.807, 2.05) is 12.1 Å². The Morgan fingerprint density at radius 1 is 0.889 bits per heavy atom. The Morgan fingerprint density at radius 3 is 2.11 bits per heavy atom. The molecule has 0 radical (unpaired) electrons. The molecular formula is C21H19BrN2OS2. The van der Waals surface area contributed by atoms with E-state index in [1.54, 1.807) is 28.7 Å². The monoisotopic (exact) mass is 458 g/mol. The van der Waals surface area contributed by atoms with Crippen LogP contribution in [0.4, 0.5) is 0 Å². The van der Waals surface area contributed by atoms with E-state index >= 15 is 0 Å². The Morgan fingerprint density at radius 2 is 1.52 bits per heavy atom. The summed E-state index contributed by atoms with van der Waals surface area (Å²) in [4.78, 5) is 13.5. The molecule has 138 valence electrons. The van der Waals surface area contributed by atoms with Gasteiger partial charge >= 0.3 is 0 Å². The molecule has 0 aliphatic rings. The maximum Gasteiger partial charge on any atom is 0.142 e. The molecule has 3 aromatic heterocycles. The number of rotatable bonds is 3. The van der Waals surface area contributed by atoms with Gasteiger partial charge in [-0.3, -0.25) is 0 Å². The number of hydrogen-bond acceptors (Lipinski definition) is 4. The summed E-state index contributed by atoms with van der Waals surface area (Å²) in [5, 5.41) is 10.4. The van der Waals surface area contributed by atoms with Crippen LogP contribution in [0.3, 0.4) is 0 Å². The van der Waals surface area contributed by atoms with E-state index in [2.05, 4.69) is 60.7 Å². The van der Waals surface area contributed by atoms with Crippen LogP contribution in [0.2, 0.25) is 0 Å². The Kier molecular flexibility index (Phi) is 4.74. The van der Waals surface area contributed by atoms with Crippen LogP contribution in [-0.2, 0) is 0 Å². The molecule has 4 rings (SSSR count). The van der Waals surface area contributed by atoms with Gasteiger partial charge in [0.15, 0.2) is 0 Å². The maximum absolute atomic E-state index is 10.4. The molecule has 0 amide bonds. The highest BCUT2D eigenvalue weighted by Gasteiger charge is 2.21. The smallest absolute Gasteiger partial charge is 0.142 e. The number of halogens is 1. The van der Waals surface area contributed by atoms with Gasteiger partial charge in [-0.05, 0) is 58.0 Å². The molecule has 0 spiro atoms. The highest BCUT2D eigenvalue weighted by molar-refractivity contribution is 9.10. The minimum absolute atomic E-state index is 0.210. The van der Waals surface area contributed by atoms with Crippen molar-refractivity contribution >= 4 is 38.6 Å². The molecule has 0 atom stereocenters. The van der Waals surface area contributed by atoms with Crippen molar-refractivity contribution in [1.82, 2.24) is 9.97 Å². The van der Waals surface area contributed by atoms with Gasteiger partial charge in [0.2, 0.25) is 0 Å². The molecule has 27 heavy (non-hydrogen) atoms. The molecule has 1 aromatic carbocycles. The highest BCUT2D eigenvalue weighted by atomic mass is 79.9. The number of aromatic amines is 1. The normalized spacial score (nSPS) is 11.3. The summed E-state index contributed by atoms with van der Waals surface area (Å²) in [6.07, 6.45) is 0. The number of nitrogens with zero attached hydrogens (tertiary/aromatic N) is 1. The van der Waals surface area contributed by atoms with Gasteiger partial charge in [0.05, 0.1) is 17.0 Å². The number of aromatic hydroxyl groups is 1. The van der Waals surface area contributed by atoms with Crippen LogP contribution in [0.15, 0.2) is 34.8 Å². The third-order valence-corrected chi connectivity index (χ3v) is 6.95. The molecule has 0 saturated heterocycles. The van der Waals surface area contributed by atoms with Gasteiger partial charge in [0.25, 0.3) is 0 Å². The lowest BCUT2D eigenvalue weighted by Crippen LogP contribution is -1.83. The maximum atomic E-state index is 10.4. The molecule has 0 aliphatic heterocycles. The fourth-order valence-corrected chi connectivity index (χ4v) is 5.55. The van der Waals surface area contributed by atoms with Gasteiger partial charge < -0.3 is 10.1 Å². The summed E-state index contributed by atoms with van der Waals surface area (Å²) in [6.45, 7) is 8.51. The lowest BCUT2D eigenvalue weighted by atomic mass is 10.1. The molecule has 4 aromatic rings. The number of nitrogens with one attached hydrogen (secondary N) is 1. The number of imidazole rings is 1. The molecule has 2 N–H and O–H groups in total. The lowest BCUT2D eigenvalue weighted by Gasteiger charge is -2.02. The first kappa shape index (κ1) is 18.5. The Bertz CT molecular complexity index is 1090. The van der Waals surface area contributed by atoms with Gasteiger partial charge in [0, 0.05) is 35.1 Å². The van der Waals surface area contributed by atoms with Crippen molar-refractivity contribution in [3.8, 4) is 39.7 Å². The van der Waals surface area contributed by atoms with Crippen molar-refractivity contribution in [1.29, 1.82) is 0 Å². The minimum Gasteiger partial charge on any atom is -0.507 e. The van der Waals surface area contributed by atoms with Gasteiger partial charge in [-0.1, -0.05) is 15.9 Å². The van der Waals surface area contributed by atoms with Gasteiger partial charge in [-0.2, -0.15) is 0 Å². The molecule has 0 saturated carbocycles. The summed E-state index contributed by atoms with van der Waals surface area (Å²) in [6, 6.07) is 9.79. The summed E-state index contributed by atoms with van der Waals surface area (Å²) in [7, 11) is 0. The standard InChI is InChI=1S/C21H19BrN2OS2/c1-10-7-15(12(3)26-10)19-20(16-8-11(2)27-13(16)4)24-21(23-19)17-9-14(22)5-6-18(17)25/h5-9,25H,1-4H3,(H,23,24). The number of benzene rings is 1. The number of aryl methyl sites for hydroxylation is 4. The van der Waals surface area contributed by atoms with Crippen LogP contribution in [0.1, 0.15) is 19.5 Å². The number of H-pyrrole nitrogens is 1.